The molecule has 3 nitrogen and oxygen atoms in total. The molecule has 1 fully saturated rings. The van der Waals surface area contributed by atoms with E-state index in [1.807, 2.05) is 12.1 Å². The van der Waals surface area contributed by atoms with Crippen LogP contribution in [0.1, 0.15) is 18.2 Å². The SMILES string of the molecule is CN1CCC(CN)C1c1ccco1. The Morgan fingerprint density at radius 3 is 3.15 bits per heavy atom. The first-order valence-corrected chi connectivity index (χ1v) is 4.76. The second-order valence-corrected chi connectivity index (χ2v) is 3.73. The molecular weight excluding hydrogens is 164 g/mol. The minimum atomic E-state index is 0.389. The van der Waals surface area contributed by atoms with Gasteiger partial charge >= 0.3 is 0 Å². The van der Waals surface area contributed by atoms with Crippen molar-refractivity contribution in [3.05, 3.63) is 24.2 Å². The highest BCUT2D eigenvalue weighted by atomic mass is 16.3. The molecule has 0 aromatic carbocycles. The third kappa shape index (κ3) is 1.49. The van der Waals surface area contributed by atoms with Crippen molar-refractivity contribution in [2.24, 2.45) is 11.7 Å². The molecule has 1 aromatic heterocycles. The fraction of sp³-hybridized carbons (Fsp3) is 0.600. The zero-order valence-electron chi connectivity index (χ0n) is 7.94. The minimum Gasteiger partial charge on any atom is -0.468 e. The highest BCUT2D eigenvalue weighted by Crippen LogP contribution is 2.35. The molecule has 3 heteroatoms. The normalized spacial score (nSPS) is 29.7. The van der Waals surface area contributed by atoms with Crippen LogP contribution < -0.4 is 5.73 Å². The van der Waals surface area contributed by atoms with Gasteiger partial charge in [0, 0.05) is 0 Å². The van der Waals surface area contributed by atoms with Crippen LogP contribution in [0.5, 0.6) is 0 Å². The Bertz CT molecular complexity index is 258. The van der Waals surface area contributed by atoms with E-state index in [-0.39, 0.29) is 0 Å². The lowest BCUT2D eigenvalue weighted by Crippen LogP contribution is -2.24. The van der Waals surface area contributed by atoms with E-state index in [2.05, 4.69) is 11.9 Å². The molecule has 1 saturated heterocycles. The van der Waals surface area contributed by atoms with E-state index in [4.69, 9.17) is 10.2 Å². The molecular formula is C10H16N2O. The van der Waals surface area contributed by atoms with E-state index in [1.165, 1.54) is 6.42 Å². The quantitative estimate of drug-likeness (QED) is 0.744. The fourth-order valence-electron chi connectivity index (χ4n) is 2.18. The smallest absolute Gasteiger partial charge is 0.121 e. The maximum atomic E-state index is 5.72. The van der Waals surface area contributed by atoms with Gasteiger partial charge in [-0.25, -0.2) is 0 Å². The number of nitrogens with two attached hydrogens (primary N) is 1. The second-order valence-electron chi connectivity index (χ2n) is 3.73. The molecule has 2 heterocycles. The Labute approximate surface area is 78.5 Å². The number of rotatable bonds is 2. The van der Waals surface area contributed by atoms with Crippen molar-refractivity contribution in [3.8, 4) is 0 Å². The molecule has 2 rings (SSSR count). The standard InChI is InChI=1S/C10H16N2O/c1-12-5-4-8(7-11)10(12)9-3-2-6-13-9/h2-3,6,8,10H,4-5,7,11H2,1H3. The molecule has 2 atom stereocenters. The number of furan rings is 1. The average molecular weight is 180 g/mol. The molecule has 0 amide bonds. The van der Waals surface area contributed by atoms with Gasteiger partial charge in [0.25, 0.3) is 0 Å². The summed E-state index contributed by atoms with van der Waals surface area (Å²) in [6, 6.07) is 4.37. The van der Waals surface area contributed by atoms with Crippen molar-refractivity contribution >= 4 is 0 Å². The summed E-state index contributed by atoms with van der Waals surface area (Å²) in [5.41, 5.74) is 5.72. The molecule has 0 bridgehead atoms. The molecule has 72 valence electrons. The number of hydrogen-bond donors (Lipinski definition) is 1. The van der Waals surface area contributed by atoms with Crippen LogP contribution in [0.3, 0.4) is 0 Å². The molecule has 2 unspecified atom stereocenters. The second kappa shape index (κ2) is 3.52. The molecule has 1 aliphatic rings. The molecule has 0 saturated carbocycles. The Hall–Kier alpha value is -0.800. The van der Waals surface area contributed by atoms with E-state index < -0.39 is 0 Å². The van der Waals surface area contributed by atoms with Gasteiger partial charge < -0.3 is 10.2 Å². The van der Waals surface area contributed by atoms with Crippen molar-refractivity contribution in [2.45, 2.75) is 12.5 Å². The van der Waals surface area contributed by atoms with E-state index in [0.717, 1.165) is 18.8 Å². The summed E-state index contributed by atoms with van der Waals surface area (Å²) in [7, 11) is 2.13. The lowest BCUT2D eigenvalue weighted by atomic mass is 9.99. The van der Waals surface area contributed by atoms with E-state index in [0.29, 0.717) is 12.0 Å². The monoisotopic (exact) mass is 180 g/mol. The van der Waals surface area contributed by atoms with Crippen LogP contribution in [0.4, 0.5) is 0 Å². The van der Waals surface area contributed by atoms with Crippen LogP contribution in [0.25, 0.3) is 0 Å². The van der Waals surface area contributed by atoms with Crippen LogP contribution in [0.2, 0.25) is 0 Å². The largest absolute Gasteiger partial charge is 0.468 e. The minimum absolute atomic E-state index is 0.389. The summed E-state index contributed by atoms with van der Waals surface area (Å²) < 4.78 is 5.42. The van der Waals surface area contributed by atoms with Crippen molar-refractivity contribution in [3.63, 3.8) is 0 Å². The van der Waals surface area contributed by atoms with Crippen LogP contribution >= 0.6 is 0 Å². The Morgan fingerprint density at radius 2 is 2.54 bits per heavy atom. The maximum absolute atomic E-state index is 5.72. The van der Waals surface area contributed by atoms with Crippen molar-refractivity contribution in [2.75, 3.05) is 20.1 Å². The van der Waals surface area contributed by atoms with Crippen molar-refractivity contribution in [1.82, 2.24) is 4.90 Å². The highest BCUT2D eigenvalue weighted by molar-refractivity contribution is 5.08. The Morgan fingerprint density at radius 1 is 1.69 bits per heavy atom. The van der Waals surface area contributed by atoms with Gasteiger partial charge in [-0.1, -0.05) is 0 Å². The molecule has 0 spiro atoms. The third-order valence-electron chi connectivity index (χ3n) is 2.91. The van der Waals surface area contributed by atoms with Crippen LogP contribution in [-0.4, -0.2) is 25.0 Å². The van der Waals surface area contributed by atoms with Crippen LogP contribution in [-0.2, 0) is 0 Å². The average Bonchev–Trinajstić information content (AvgIpc) is 2.72. The van der Waals surface area contributed by atoms with Gasteiger partial charge in [-0.15, -0.1) is 0 Å². The summed E-state index contributed by atoms with van der Waals surface area (Å²) in [5.74, 6) is 1.60. The summed E-state index contributed by atoms with van der Waals surface area (Å²) in [6.45, 7) is 1.86. The predicted molar refractivity (Wildman–Crippen MR) is 51.2 cm³/mol. The van der Waals surface area contributed by atoms with Crippen molar-refractivity contribution < 1.29 is 4.42 Å². The van der Waals surface area contributed by atoms with Gasteiger partial charge in [-0.05, 0) is 44.6 Å². The zero-order valence-corrected chi connectivity index (χ0v) is 7.94. The fourth-order valence-corrected chi connectivity index (χ4v) is 2.18. The van der Waals surface area contributed by atoms with Gasteiger partial charge in [0.15, 0.2) is 0 Å². The third-order valence-corrected chi connectivity index (χ3v) is 2.91. The molecule has 0 aliphatic carbocycles. The van der Waals surface area contributed by atoms with E-state index in [1.54, 1.807) is 6.26 Å². The molecule has 2 N–H and O–H groups in total. The number of nitrogens with zero attached hydrogens (tertiary/aromatic N) is 1. The first-order valence-electron chi connectivity index (χ1n) is 4.76. The molecule has 13 heavy (non-hydrogen) atoms. The Kier molecular flexibility index (Phi) is 2.38. The maximum Gasteiger partial charge on any atom is 0.121 e. The first-order chi connectivity index (χ1) is 6.33. The summed E-state index contributed by atoms with van der Waals surface area (Å²) in [5, 5.41) is 0. The summed E-state index contributed by atoms with van der Waals surface area (Å²) in [4.78, 5) is 2.32. The topological polar surface area (TPSA) is 42.4 Å². The van der Waals surface area contributed by atoms with Gasteiger partial charge in [0.1, 0.15) is 5.76 Å². The lowest BCUT2D eigenvalue weighted by molar-refractivity contribution is 0.240. The zero-order chi connectivity index (χ0) is 9.26. The van der Waals surface area contributed by atoms with Gasteiger partial charge in [0.2, 0.25) is 0 Å². The van der Waals surface area contributed by atoms with Crippen molar-refractivity contribution in [1.29, 1.82) is 0 Å². The highest BCUT2D eigenvalue weighted by Gasteiger charge is 2.33. The van der Waals surface area contributed by atoms with Crippen LogP contribution in [0, 0.1) is 5.92 Å². The van der Waals surface area contributed by atoms with Gasteiger partial charge in [-0.2, -0.15) is 0 Å². The van der Waals surface area contributed by atoms with E-state index >= 15 is 0 Å². The summed E-state index contributed by atoms with van der Waals surface area (Å²) in [6.07, 6.45) is 2.91. The van der Waals surface area contributed by atoms with E-state index in [9.17, 15) is 0 Å². The Balaban J connectivity index is 2.20. The predicted octanol–water partition coefficient (Wildman–Crippen LogP) is 1.23. The molecule has 1 aromatic rings. The van der Waals surface area contributed by atoms with Gasteiger partial charge in [0.05, 0.1) is 12.3 Å². The van der Waals surface area contributed by atoms with Gasteiger partial charge in [-0.3, -0.25) is 4.90 Å². The van der Waals surface area contributed by atoms with Crippen LogP contribution in [0.15, 0.2) is 22.8 Å². The lowest BCUT2D eigenvalue weighted by Gasteiger charge is -2.21. The number of hydrogen-bond acceptors (Lipinski definition) is 3. The number of likely N-dealkylation sites (tertiary alicyclic amines) is 1. The first kappa shape index (κ1) is 8.78. The molecule has 1 aliphatic heterocycles. The summed E-state index contributed by atoms with van der Waals surface area (Å²) >= 11 is 0. The molecule has 0 radical (unpaired) electrons.